The van der Waals surface area contributed by atoms with Gasteiger partial charge >= 0.3 is 5.97 Å². The lowest BCUT2D eigenvalue weighted by Crippen LogP contribution is -2.62. The van der Waals surface area contributed by atoms with Crippen LogP contribution >= 0.6 is 0 Å². The first-order valence-electron chi connectivity index (χ1n) is 11.3. The zero-order valence-electron chi connectivity index (χ0n) is 17.7. The summed E-state index contributed by atoms with van der Waals surface area (Å²) in [5, 5.41) is 19.2. The molecule has 166 valence electrons. The van der Waals surface area contributed by atoms with Crippen LogP contribution < -0.4 is 0 Å². The standard InChI is InChI=1S/C23H35F3O3/c1-12(8-19(28)29)14-4-5-15-20-16(6-7-21(14,15)2)22(3)11-17(24)18(27)9-13(22)10-23(20,25)26/h12-18,20,27H,4-11H2,1-3H3,(H,28,29)/t12-,13+,14-,15?,16?,17+,18+,20?,21-,22+/m1/s1. The van der Waals surface area contributed by atoms with Gasteiger partial charge in [0, 0.05) is 18.8 Å². The number of rotatable bonds is 3. The normalized spacial score (nSPS) is 52.2. The fourth-order valence-electron chi connectivity index (χ4n) is 8.53. The quantitative estimate of drug-likeness (QED) is 0.655. The number of carbonyl (C=O) groups is 1. The number of fused-ring (bicyclic) bond motifs is 5. The van der Waals surface area contributed by atoms with Crippen molar-refractivity contribution in [1.82, 2.24) is 0 Å². The first-order chi connectivity index (χ1) is 13.4. The van der Waals surface area contributed by atoms with Gasteiger partial charge in [-0.25, -0.2) is 13.2 Å². The third-order valence-electron chi connectivity index (χ3n) is 9.89. The summed E-state index contributed by atoms with van der Waals surface area (Å²) in [5.74, 6) is -4.98. The average molecular weight is 417 g/mol. The summed E-state index contributed by atoms with van der Waals surface area (Å²) in [6.45, 7) is 6.05. The van der Waals surface area contributed by atoms with E-state index in [9.17, 15) is 19.4 Å². The molecule has 0 amide bonds. The van der Waals surface area contributed by atoms with Crippen LogP contribution in [0.15, 0.2) is 0 Å². The van der Waals surface area contributed by atoms with E-state index < -0.39 is 35.5 Å². The number of hydrogen-bond donors (Lipinski definition) is 2. The molecule has 10 atom stereocenters. The third-order valence-corrected chi connectivity index (χ3v) is 9.89. The van der Waals surface area contributed by atoms with Gasteiger partial charge in [-0.15, -0.1) is 0 Å². The number of aliphatic carboxylic acids is 1. The lowest BCUT2D eigenvalue weighted by atomic mass is 9.43. The van der Waals surface area contributed by atoms with E-state index in [4.69, 9.17) is 0 Å². The van der Waals surface area contributed by atoms with E-state index >= 15 is 8.78 Å². The fourth-order valence-corrected chi connectivity index (χ4v) is 8.53. The number of aliphatic hydroxyl groups excluding tert-OH is 1. The fraction of sp³-hybridized carbons (Fsp3) is 0.957. The van der Waals surface area contributed by atoms with Crippen molar-refractivity contribution >= 4 is 5.97 Å². The van der Waals surface area contributed by atoms with Crippen LogP contribution in [0.1, 0.15) is 72.1 Å². The molecule has 4 rings (SSSR count). The maximum Gasteiger partial charge on any atom is 0.303 e. The van der Waals surface area contributed by atoms with Gasteiger partial charge in [-0.3, -0.25) is 4.79 Å². The largest absolute Gasteiger partial charge is 0.481 e. The minimum Gasteiger partial charge on any atom is -0.481 e. The molecule has 0 aromatic carbocycles. The third kappa shape index (κ3) is 3.14. The lowest BCUT2D eigenvalue weighted by molar-refractivity contribution is -0.244. The first-order valence-corrected chi connectivity index (χ1v) is 11.3. The SMILES string of the molecule is C[C@H](CC(=O)O)[C@H]1CCC2C3C(CC[C@@]21C)[C@@]1(C)C[C@H](F)[C@@H](O)C[C@H]1CC3(F)F. The van der Waals surface area contributed by atoms with Crippen molar-refractivity contribution in [1.29, 1.82) is 0 Å². The summed E-state index contributed by atoms with van der Waals surface area (Å²) in [7, 11) is 0. The molecule has 29 heavy (non-hydrogen) atoms. The molecule has 4 aliphatic rings. The summed E-state index contributed by atoms with van der Waals surface area (Å²) in [6, 6.07) is 0. The molecule has 0 radical (unpaired) electrons. The maximum absolute atomic E-state index is 15.6. The number of carboxylic acids is 1. The Morgan fingerprint density at radius 2 is 1.76 bits per heavy atom. The van der Waals surface area contributed by atoms with Crippen LogP contribution in [-0.4, -0.2) is 34.4 Å². The molecule has 0 aromatic heterocycles. The Balaban J connectivity index is 1.66. The summed E-state index contributed by atoms with van der Waals surface area (Å²) in [4.78, 5) is 11.2. The van der Waals surface area contributed by atoms with Gasteiger partial charge in [-0.2, -0.15) is 0 Å². The summed E-state index contributed by atoms with van der Waals surface area (Å²) in [5.41, 5.74) is -0.761. The smallest absolute Gasteiger partial charge is 0.303 e. The van der Waals surface area contributed by atoms with Crippen molar-refractivity contribution < 1.29 is 28.2 Å². The van der Waals surface area contributed by atoms with Gasteiger partial charge in [-0.1, -0.05) is 20.8 Å². The van der Waals surface area contributed by atoms with Gasteiger partial charge in [0.25, 0.3) is 5.92 Å². The maximum atomic E-state index is 15.6. The zero-order chi connectivity index (χ0) is 21.4. The molecule has 3 unspecified atom stereocenters. The van der Waals surface area contributed by atoms with Crippen molar-refractivity contribution in [2.24, 2.45) is 46.3 Å². The van der Waals surface area contributed by atoms with Crippen molar-refractivity contribution in [3.8, 4) is 0 Å². The summed E-state index contributed by atoms with van der Waals surface area (Å²) >= 11 is 0. The highest BCUT2D eigenvalue weighted by molar-refractivity contribution is 5.67. The number of carboxylic acid groups (broad SMARTS) is 1. The topological polar surface area (TPSA) is 57.5 Å². The van der Waals surface area contributed by atoms with E-state index in [-0.39, 0.29) is 60.7 Å². The van der Waals surface area contributed by atoms with E-state index in [1.807, 2.05) is 13.8 Å². The molecule has 0 saturated heterocycles. The second-order valence-electron chi connectivity index (χ2n) is 11.2. The Hall–Kier alpha value is -0.780. The van der Waals surface area contributed by atoms with Gasteiger partial charge in [-0.05, 0) is 78.9 Å². The Labute approximate surface area is 171 Å². The summed E-state index contributed by atoms with van der Waals surface area (Å²) in [6.07, 6.45) is 0.671. The monoisotopic (exact) mass is 416 g/mol. The van der Waals surface area contributed by atoms with Crippen LogP contribution in [0.25, 0.3) is 0 Å². The van der Waals surface area contributed by atoms with Crippen molar-refractivity contribution in [2.75, 3.05) is 0 Å². The lowest BCUT2D eigenvalue weighted by Gasteiger charge is -2.63. The number of alkyl halides is 3. The van der Waals surface area contributed by atoms with Crippen LogP contribution in [0.5, 0.6) is 0 Å². The van der Waals surface area contributed by atoms with Gasteiger partial charge in [0.1, 0.15) is 6.17 Å². The molecule has 4 fully saturated rings. The Kier molecular flexibility index (Phi) is 5.08. The molecule has 6 heteroatoms. The molecular formula is C23H35F3O3. The van der Waals surface area contributed by atoms with Crippen LogP contribution in [-0.2, 0) is 4.79 Å². The predicted molar refractivity (Wildman–Crippen MR) is 103 cm³/mol. The Morgan fingerprint density at radius 3 is 2.41 bits per heavy atom. The highest BCUT2D eigenvalue weighted by atomic mass is 19.3. The summed E-state index contributed by atoms with van der Waals surface area (Å²) < 4.78 is 45.6. The van der Waals surface area contributed by atoms with E-state index in [1.165, 1.54) is 0 Å². The molecule has 0 heterocycles. The average Bonchev–Trinajstić information content (AvgIpc) is 2.94. The second-order valence-corrected chi connectivity index (χ2v) is 11.2. The number of hydrogen-bond acceptors (Lipinski definition) is 2. The molecule has 4 saturated carbocycles. The Morgan fingerprint density at radius 1 is 1.10 bits per heavy atom. The van der Waals surface area contributed by atoms with Crippen LogP contribution in [0.4, 0.5) is 13.2 Å². The molecule has 0 aromatic rings. The molecule has 4 aliphatic carbocycles. The molecule has 0 aliphatic heterocycles. The van der Waals surface area contributed by atoms with E-state index in [1.54, 1.807) is 0 Å². The Bertz CT molecular complexity index is 670. The van der Waals surface area contributed by atoms with Crippen molar-refractivity contribution in [3.05, 3.63) is 0 Å². The minimum absolute atomic E-state index is 0.0281. The predicted octanol–water partition coefficient (Wildman–Crippen LogP) is 5.31. The van der Waals surface area contributed by atoms with Gasteiger partial charge in [0.2, 0.25) is 0 Å². The highest BCUT2D eigenvalue weighted by Crippen LogP contribution is 2.71. The molecular weight excluding hydrogens is 381 g/mol. The van der Waals surface area contributed by atoms with E-state index in [0.717, 1.165) is 12.8 Å². The van der Waals surface area contributed by atoms with E-state index in [0.29, 0.717) is 12.8 Å². The van der Waals surface area contributed by atoms with Crippen LogP contribution in [0, 0.1) is 46.3 Å². The van der Waals surface area contributed by atoms with Gasteiger partial charge < -0.3 is 10.2 Å². The van der Waals surface area contributed by atoms with Crippen LogP contribution in [0.3, 0.4) is 0 Å². The molecule has 2 N–H and O–H groups in total. The van der Waals surface area contributed by atoms with E-state index in [2.05, 4.69) is 6.92 Å². The van der Waals surface area contributed by atoms with Crippen molar-refractivity contribution in [2.45, 2.75) is 90.3 Å². The van der Waals surface area contributed by atoms with Gasteiger partial charge in [0.15, 0.2) is 0 Å². The second kappa shape index (κ2) is 6.86. The number of halogens is 3. The van der Waals surface area contributed by atoms with Crippen LogP contribution in [0.2, 0.25) is 0 Å². The minimum atomic E-state index is -2.81. The first kappa shape index (κ1) is 21.5. The zero-order valence-corrected chi connectivity index (χ0v) is 17.7. The number of aliphatic hydroxyl groups is 1. The molecule has 3 nitrogen and oxygen atoms in total. The highest BCUT2D eigenvalue weighted by Gasteiger charge is 2.68. The molecule has 0 bridgehead atoms. The van der Waals surface area contributed by atoms with Crippen molar-refractivity contribution in [3.63, 3.8) is 0 Å². The molecule has 0 spiro atoms. The van der Waals surface area contributed by atoms with Gasteiger partial charge in [0.05, 0.1) is 6.10 Å².